The minimum absolute atomic E-state index is 0.0515. The lowest BCUT2D eigenvalue weighted by molar-refractivity contribution is -0.117. The van der Waals surface area contributed by atoms with Crippen molar-refractivity contribution < 1.29 is 24.9 Å². The van der Waals surface area contributed by atoms with Gasteiger partial charge in [0.25, 0.3) is 0 Å². The Morgan fingerprint density at radius 1 is 1.25 bits per heavy atom. The zero-order valence-electron chi connectivity index (χ0n) is 12.4. The molecule has 20 heavy (non-hydrogen) atoms. The van der Waals surface area contributed by atoms with Crippen molar-refractivity contribution >= 4 is 11.9 Å². The molecule has 116 valence electrons. The molecule has 1 aliphatic rings. The largest absolute Gasteiger partial charge is 0.465 e. The zero-order chi connectivity index (χ0) is 15.8. The Morgan fingerprint density at radius 2 is 1.75 bits per heavy atom. The molecule has 1 aliphatic carbocycles. The number of carboxylic acid groups (broad SMARTS) is 1. The van der Waals surface area contributed by atoms with Crippen molar-refractivity contribution in [3.8, 4) is 0 Å². The highest BCUT2D eigenvalue weighted by atomic mass is 16.4. The topological polar surface area (TPSA) is 98.1 Å². The van der Waals surface area contributed by atoms with Crippen molar-refractivity contribution in [3.63, 3.8) is 0 Å². The smallest absolute Gasteiger partial charge is 0.407 e. The lowest BCUT2D eigenvalue weighted by Crippen LogP contribution is -2.34. The summed E-state index contributed by atoms with van der Waals surface area (Å²) in [4.78, 5) is 22.1. The molecule has 0 aromatic carbocycles. The molecule has 0 aromatic heterocycles. The van der Waals surface area contributed by atoms with Crippen molar-refractivity contribution in [2.75, 3.05) is 26.3 Å². The van der Waals surface area contributed by atoms with Crippen LogP contribution in [0.25, 0.3) is 0 Å². The Kier molecular flexibility index (Phi) is 8.10. The van der Waals surface area contributed by atoms with Gasteiger partial charge < -0.3 is 20.2 Å². The summed E-state index contributed by atoms with van der Waals surface area (Å²) in [5.41, 5.74) is 1.43. The number of ketones is 1. The van der Waals surface area contributed by atoms with E-state index in [2.05, 4.69) is 13.8 Å². The van der Waals surface area contributed by atoms with Gasteiger partial charge in [0.1, 0.15) is 0 Å². The van der Waals surface area contributed by atoms with Crippen molar-refractivity contribution in [2.45, 2.75) is 33.6 Å². The zero-order valence-corrected chi connectivity index (χ0v) is 12.4. The van der Waals surface area contributed by atoms with Crippen LogP contribution in [0.5, 0.6) is 0 Å². The molecule has 1 amide bonds. The van der Waals surface area contributed by atoms with Gasteiger partial charge in [-0.3, -0.25) is 4.79 Å². The molecular formula is C14H25NO5. The van der Waals surface area contributed by atoms with Crippen molar-refractivity contribution in [1.29, 1.82) is 0 Å². The summed E-state index contributed by atoms with van der Waals surface area (Å²) in [6.07, 6.45) is 2.43. The molecule has 0 saturated carbocycles. The first-order chi connectivity index (χ1) is 9.21. The molecule has 0 fully saturated rings. The summed E-state index contributed by atoms with van der Waals surface area (Å²) in [5, 5.41) is 25.0. The van der Waals surface area contributed by atoms with Crippen molar-refractivity contribution in [2.24, 2.45) is 5.41 Å². The molecule has 6 heteroatoms. The predicted octanol–water partition coefficient (Wildman–Crippen LogP) is 1.27. The van der Waals surface area contributed by atoms with Crippen LogP contribution in [0.3, 0.4) is 0 Å². The van der Waals surface area contributed by atoms with Crippen LogP contribution >= 0.6 is 0 Å². The number of allylic oxidation sites excluding steroid dienone is 2. The molecule has 0 spiro atoms. The Morgan fingerprint density at radius 3 is 2.05 bits per heavy atom. The van der Waals surface area contributed by atoms with Crippen LogP contribution in [0.1, 0.15) is 33.6 Å². The lowest BCUT2D eigenvalue weighted by Gasteiger charge is -2.27. The summed E-state index contributed by atoms with van der Waals surface area (Å²) in [6, 6.07) is 0. The van der Waals surface area contributed by atoms with E-state index >= 15 is 0 Å². The van der Waals surface area contributed by atoms with E-state index in [4.69, 9.17) is 15.3 Å². The van der Waals surface area contributed by atoms with Crippen LogP contribution < -0.4 is 0 Å². The van der Waals surface area contributed by atoms with E-state index < -0.39 is 6.09 Å². The second kappa shape index (κ2) is 8.71. The van der Waals surface area contributed by atoms with Crippen LogP contribution in [-0.4, -0.2) is 58.4 Å². The third kappa shape index (κ3) is 7.91. The normalized spacial score (nSPS) is 16.9. The van der Waals surface area contributed by atoms with Gasteiger partial charge in [0.2, 0.25) is 0 Å². The van der Waals surface area contributed by atoms with Crippen LogP contribution in [0.4, 0.5) is 4.79 Å². The first kappa shape index (κ1) is 18.6. The Hall–Kier alpha value is -1.40. The predicted molar refractivity (Wildman–Crippen MR) is 75.5 cm³/mol. The number of nitrogens with zero attached hydrogens (tertiary/aromatic N) is 1. The van der Waals surface area contributed by atoms with Gasteiger partial charge in [-0.2, -0.15) is 0 Å². The third-order valence-electron chi connectivity index (χ3n) is 2.83. The molecule has 0 bridgehead atoms. The van der Waals surface area contributed by atoms with E-state index in [1.165, 1.54) is 5.57 Å². The molecule has 0 aliphatic heterocycles. The molecular weight excluding hydrogens is 262 g/mol. The summed E-state index contributed by atoms with van der Waals surface area (Å²) in [5.74, 6) is 0.286. The number of aliphatic hydroxyl groups excluding tert-OH is 2. The molecule has 0 saturated heterocycles. The number of carbonyl (C=O) groups is 2. The number of aliphatic hydroxyl groups is 2. The van der Waals surface area contributed by atoms with Crippen molar-refractivity contribution in [3.05, 3.63) is 11.6 Å². The van der Waals surface area contributed by atoms with Crippen LogP contribution in [0.15, 0.2) is 11.6 Å². The quantitative estimate of drug-likeness (QED) is 0.723. The van der Waals surface area contributed by atoms with Gasteiger partial charge in [-0.25, -0.2) is 4.79 Å². The second-order valence-corrected chi connectivity index (χ2v) is 5.69. The maximum Gasteiger partial charge on any atom is 0.407 e. The minimum atomic E-state index is -1.12. The maximum absolute atomic E-state index is 11.0. The highest BCUT2D eigenvalue weighted by Crippen LogP contribution is 2.32. The first-order valence-electron chi connectivity index (χ1n) is 6.61. The van der Waals surface area contributed by atoms with Gasteiger partial charge in [-0.1, -0.05) is 19.4 Å². The van der Waals surface area contributed by atoms with Crippen LogP contribution in [0, 0.1) is 5.41 Å². The number of amides is 1. The molecule has 6 nitrogen and oxygen atoms in total. The highest BCUT2D eigenvalue weighted by molar-refractivity contribution is 5.91. The first-order valence-corrected chi connectivity index (χ1v) is 6.61. The monoisotopic (exact) mass is 287 g/mol. The SMILES string of the molecule is CC1=CC(=O)CC(C)(C)C1.O=C(O)N(CCO)CCO. The van der Waals surface area contributed by atoms with Crippen LogP contribution in [0.2, 0.25) is 0 Å². The van der Waals surface area contributed by atoms with Gasteiger partial charge in [0.05, 0.1) is 13.2 Å². The summed E-state index contributed by atoms with van der Waals surface area (Å²) >= 11 is 0. The van der Waals surface area contributed by atoms with Gasteiger partial charge in [-0.15, -0.1) is 0 Å². The lowest BCUT2D eigenvalue weighted by atomic mass is 9.77. The van der Waals surface area contributed by atoms with Crippen molar-refractivity contribution in [1.82, 2.24) is 4.90 Å². The second-order valence-electron chi connectivity index (χ2n) is 5.69. The Bertz CT molecular complexity index is 357. The Balaban J connectivity index is 0.000000361. The molecule has 0 heterocycles. The van der Waals surface area contributed by atoms with E-state index in [0.29, 0.717) is 6.42 Å². The summed E-state index contributed by atoms with van der Waals surface area (Å²) in [6.45, 7) is 5.98. The van der Waals surface area contributed by atoms with Gasteiger partial charge >= 0.3 is 6.09 Å². The van der Waals surface area contributed by atoms with Gasteiger partial charge in [-0.05, 0) is 24.8 Å². The fraction of sp³-hybridized carbons (Fsp3) is 0.714. The molecule has 0 atom stereocenters. The number of rotatable bonds is 4. The summed E-state index contributed by atoms with van der Waals surface area (Å²) < 4.78 is 0. The van der Waals surface area contributed by atoms with E-state index in [1.54, 1.807) is 6.08 Å². The van der Waals surface area contributed by atoms with Crippen LogP contribution in [-0.2, 0) is 4.79 Å². The van der Waals surface area contributed by atoms with Gasteiger partial charge in [0, 0.05) is 19.5 Å². The fourth-order valence-electron chi connectivity index (χ4n) is 2.21. The number of hydrogen-bond donors (Lipinski definition) is 3. The average molecular weight is 287 g/mol. The number of carbonyl (C=O) groups excluding carboxylic acids is 1. The van der Waals surface area contributed by atoms with E-state index in [1.807, 2.05) is 6.92 Å². The minimum Gasteiger partial charge on any atom is -0.465 e. The van der Waals surface area contributed by atoms with E-state index in [0.717, 1.165) is 11.3 Å². The average Bonchev–Trinajstić information content (AvgIpc) is 2.25. The maximum atomic E-state index is 11.0. The molecule has 0 radical (unpaired) electrons. The molecule has 0 aromatic rings. The molecule has 3 N–H and O–H groups in total. The fourth-order valence-corrected chi connectivity index (χ4v) is 2.21. The van der Waals surface area contributed by atoms with E-state index in [9.17, 15) is 9.59 Å². The van der Waals surface area contributed by atoms with Gasteiger partial charge in [0.15, 0.2) is 5.78 Å². The van der Waals surface area contributed by atoms with E-state index in [-0.39, 0.29) is 37.5 Å². The molecule has 1 rings (SSSR count). The standard InChI is InChI=1S/C9H14O.C5H11NO4/c1-7-4-8(10)6-9(2,3)5-7;7-3-1-6(2-4-8)5(9)10/h4H,5-6H2,1-3H3;7-8H,1-4H2,(H,9,10). The third-order valence-corrected chi connectivity index (χ3v) is 2.83. The highest BCUT2D eigenvalue weighted by Gasteiger charge is 2.25. The number of hydrogen-bond acceptors (Lipinski definition) is 4. The molecule has 0 unspecified atom stereocenters. The summed E-state index contributed by atoms with van der Waals surface area (Å²) in [7, 11) is 0. The Labute approximate surface area is 119 Å².